The zero-order valence-corrected chi connectivity index (χ0v) is 11.9. The Morgan fingerprint density at radius 2 is 1.75 bits per heavy atom. The van der Waals surface area contributed by atoms with Crippen LogP contribution in [-0.2, 0) is 13.6 Å². The van der Waals surface area contributed by atoms with E-state index in [1.165, 1.54) is 0 Å². The highest BCUT2D eigenvalue weighted by Crippen LogP contribution is 2.09. The number of carbonyl (C=O) groups is 1. The van der Waals surface area contributed by atoms with E-state index in [2.05, 4.69) is 6.58 Å². The molecule has 0 spiro atoms. The van der Waals surface area contributed by atoms with Gasteiger partial charge in [-0.05, 0) is 38.8 Å². The summed E-state index contributed by atoms with van der Waals surface area (Å²) in [6, 6.07) is 0.991. The van der Waals surface area contributed by atoms with Crippen molar-refractivity contribution in [2.75, 3.05) is 13.2 Å². The van der Waals surface area contributed by atoms with Crippen LogP contribution in [0.15, 0.2) is 12.2 Å². The van der Waals surface area contributed by atoms with Gasteiger partial charge in [0.1, 0.15) is 0 Å². The minimum Gasteiger partial charge on any atom is -0.397 e. The zero-order chi connectivity index (χ0) is 12.4. The summed E-state index contributed by atoms with van der Waals surface area (Å²) in [4.78, 5) is 11.3. The monoisotopic (exact) mass is 244 g/mol. The molecule has 0 saturated heterocycles. The maximum Gasteiger partial charge on any atom is 0.321 e. The molecule has 0 aromatic heterocycles. The van der Waals surface area contributed by atoms with Gasteiger partial charge >= 0.3 is 9.28 Å². The largest absolute Gasteiger partial charge is 0.397 e. The minimum atomic E-state index is -1.46. The van der Waals surface area contributed by atoms with Crippen molar-refractivity contribution >= 4 is 15.1 Å². The smallest absolute Gasteiger partial charge is 0.321 e. The first kappa shape index (κ1) is 15.5. The number of hydrogen-bond acceptors (Lipinski definition) is 3. The van der Waals surface area contributed by atoms with Crippen molar-refractivity contribution < 1.29 is 13.6 Å². The molecule has 4 heteroatoms. The molecule has 0 atom stereocenters. The topological polar surface area (TPSA) is 35.5 Å². The molecule has 0 amide bonds. The lowest BCUT2D eigenvalue weighted by atomic mass is 10.1. The average molecular weight is 244 g/mol. The molecular formula is C12H24O3Si. The van der Waals surface area contributed by atoms with E-state index >= 15 is 0 Å². The number of rotatable bonds is 10. The summed E-state index contributed by atoms with van der Waals surface area (Å²) in [5.41, 5.74) is 0.656. The normalized spacial score (nSPS) is 10.8. The molecular weight excluding hydrogens is 220 g/mol. The minimum absolute atomic E-state index is 0.172. The van der Waals surface area contributed by atoms with E-state index in [1.54, 1.807) is 6.92 Å². The van der Waals surface area contributed by atoms with Crippen LogP contribution in [0.3, 0.4) is 0 Å². The van der Waals surface area contributed by atoms with Gasteiger partial charge in [0.25, 0.3) is 0 Å². The van der Waals surface area contributed by atoms with Crippen LogP contribution >= 0.6 is 0 Å². The Morgan fingerprint density at radius 1 is 1.19 bits per heavy atom. The number of ketones is 1. The first-order valence-corrected chi connectivity index (χ1v) is 7.79. The van der Waals surface area contributed by atoms with E-state index in [0.717, 1.165) is 32.1 Å². The molecule has 0 aromatic carbocycles. The van der Waals surface area contributed by atoms with Crippen molar-refractivity contribution in [1.29, 1.82) is 0 Å². The van der Waals surface area contributed by atoms with E-state index in [4.69, 9.17) is 8.85 Å². The van der Waals surface area contributed by atoms with E-state index in [-0.39, 0.29) is 5.78 Å². The Bertz CT molecular complexity index is 210. The molecule has 94 valence electrons. The SMILES string of the molecule is C=C(C)C(=O)CCCC[SiH](OCC)OCC. The maximum atomic E-state index is 11.3. The molecule has 3 nitrogen and oxygen atoms in total. The van der Waals surface area contributed by atoms with Crippen LogP contribution in [0, 0.1) is 0 Å². The number of carbonyl (C=O) groups excluding carboxylic acids is 1. The fourth-order valence-electron chi connectivity index (χ4n) is 1.40. The molecule has 0 heterocycles. The van der Waals surface area contributed by atoms with Crippen LogP contribution in [0.25, 0.3) is 0 Å². The highest BCUT2D eigenvalue weighted by atomic mass is 28.3. The third-order valence-corrected chi connectivity index (χ3v) is 4.56. The molecule has 0 aliphatic carbocycles. The van der Waals surface area contributed by atoms with Crippen molar-refractivity contribution in [3.63, 3.8) is 0 Å². The molecule has 0 saturated carbocycles. The molecule has 0 aliphatic rings. The Balaban J connectivity index is 3.61. The van der Waals surface area contributed by atoms with Crippen molar-refractivity contribution in [3.8, 4) is 0 Å². The Morgan fingerprint density at radius 3 is 2.19 bits per heavy atom. The lowest BCUT2D eigenvalue weighted by Crippen LogP contribution is -2.22. The Kier molecular flexibility index (Phi) is 9.47. The van der Waals surface area contributed by atoms with Gasteiger partial charge in [-0.1, -0.05) is 13.0 Å². The maximum absolute atomic E-state index is 11.3. The number of hydrogen-bond donors (Lipinski definition) is 0. The number of allylic oxidation sites excluding steroid dienone is 1. The zero-order valence-electron chi connectivity index (χ0n) is 10.8. The van der Waals surface area contributed by atoms with E-state index in [0.29, 0.717) is 12.0 Å². The second-order valence-electron chi connectivity index (χ2n) is 3.79. The number of unbranched alkanes of at least 4 members (excludes halogenated alkanes) is 1. The second-order valence-corrected chi connectivity index (χ2v) is 5.89. The molecule has 0 fully saturated rings. The number of Topliss-reactive ketones (excluding diaryl/α,β-unsaturated/α-hetero) is 1. The van der Waals surface area contributed by atoms with Crippen LogP contribution in [0.1, 0.15) is 40.0 Å². The fraction of sp³-hybridized carbons (Fsp3) is 0.750. The molecule has 0 radical (unpaired) electrons. The summed E-state index contributed by atoms with van der Waals surface area (Å²) < 4.78 is 11.1. The van der Waals surface area contributed by atoms with Gasteiger partial charge in [0, 0.05) is 19.6 Å². The van der Waals surface area contributed by atoms with Gasteiger partial charge in [0.05, 0.1) is 0 Å². The summed E-state index contributed by atoms with van der Waals surface area (Å²) in [5, 5.41) is 0. The van der Waals surface area contributed by atoms with Gasteiger partial charge in [-0.15, -0.1) is 0 Å². The molecule has 0 rings (SSSR count). The third kappa shape index (κ3) is 7.79. The van der Waals surface area contributed by atoms with Gasteiger partial charge in [0.15, 0.2) is 5.78 Å². The lowest BCUT2D eigenvalue weighted by molar-refractivity contribution is -0.115. The summed E-state index contributed by atoms with van der Waals surface area (Å²) in [6.45, 7) is 10.8. The first-order chi connectivity index (χ1) is 7.61. The van der Waals surface area contributed by atoms with Gasteiger partial charge in [-0.2, -0.15) is 0 Å². The van der Waals surface area contributed by atoms with Gasteiger partial charge in [-0.3, -0.25) is 4.79 Å². The first-order valence-electron chi connectivity index (χ1n) is 6.03. The second kappa shape index (κ2) is 9.75. The Labute approximate surface area is 101 Å². The molecule has 0 aromatic rings. The molecule has 16 heavy (non-hydrogen) atoms. The predicted octanol–water partition coefficient (Wildman–Crippen LogP) is 2.60. The standard InChI is InChI=1S/C12H24O3Si/c1-5-14-16(15-6-2)10-8-7-9-12(13)11(3)4/h16H,3,5-10H2,1-2,4H3. The molecule has 0 N–H and O–H groups in total. The van der Waals surface area contributed by atoms with Crippen molar-refractivity contribution in [3.05, 3.63) is 12.2 Å². The van der Waals surface area contributed by atoms with Gasteiger partial charge in [-0.25, -0.2) is 0 Å². The van der Waals surface area contributed by atoms with Crippen LogP contribution in [0.5, 0.6) is 0 Å². The molecule has 0 aliphatic heterocycles. The van der Waals surface area contributed by atoms with E-state index < -0.39 is 9.28 Å². The van der Waals surface area contributed by atoms with Crippen molar-refractivity contribution in [2.24, 2.45) is 0 Å². The Hall–Kier alpha value is -0.453. The van der Waals surface area contributed by atoms with Crippen LogP contribution in [0.4, 0.5) is 0 Å². The van der Waals surface area contributed by atoms with Crippen molar-refractivity contribution in [2.45, 2.75) is 46.1 Å². The van der Waals surface area contributed by atoms with Gasteiger partial charge < -0.3 is 8.85 Å². The quantitative estimate of drug-likeness (QED) is 0.337. The van der Waals surface area contributed by atoms with Crippen LogP contribution < -0.4 is 0 Å². The van der Waals surface area contributed by atoms with E-state index in [9.17, 15) is 4.79 Å². The summed E-state index contributed by atoms with van der Waals surface area (Å²) in [5.74, 6) is 0.172. The van der Waals surface area contributed by atoms with Crippen LogP contribution in [0.2, 0.25) is 6.04 Å². The predicted molar refractivity (Wildman–Crippen MR) is 68.9 cm³/mol. The summed E-state index contributed by atoms with van der Waals surface area (Å²) in [7, 11) is -1.46. The summed E-state index contributed by atoms with van der Waals surface area (Å²) in [6.07, 6.45) is 2.53. The van der Waals surface area contributed by atoms with E-state index in [1.807, 2.05) is 13.8 Å². The lowest BCUT2D eigenvalue weighted by Gasteiger charge is -2.14. The van der Waals surface area contributed by atoms with Crippen molar-refractivity contribution in [1.82, 2.24) is 0 Å². The third-order valence-electron chi connectivity index (χ3n) is 2.27. The van der Waals surface area contributed by atoms with Gasteiger partial charge in [0.2, 0.25) is 0 Å². The summed E-state index contributed by atoms with van der Waals surface area (Å²) >= 11 is 0. The highest BCUT2D eigenvalue weighted by Gasteiger charge is 2.11. The molecule has 0 bridgehead atoms. The highest BCUT2D eigenvalue weighted by molar-refractivity contribution is 6.44. The fourth-order valence-corrected chi connectivity index (χ4v) is 3.19. The average Bonchev–Trinajstić information content (AvgIpc) is 2.24. The van der Waals surface area contributed by atoms with Crippen LogP contribution in [-0.4, -0.2) is 28.3 Å². The molecule has 0 unspecified atom stereocenters.